The predicted octanol–water partition coefficient (Wildman–Crippen LogP) is 0.642. The van der Waals surface area contributed by atoms with Crippen molar-refractivity contribution in [3.8, 4) is 5.75 Å². The molecule has 0 spiro atoms. The Morgan fingerprint density at radius 3 is 2.80 bits per heavy atom. The molecule has 0 bridgehead atoms. The monoisotopic (exact) mass is 283 g/mol. The summed E-state index contributed by atoms with van der Waals surface area (Å²) < 4.78 is 5.34. The Labute approximate surface area is 115 Å². The number of benzene rings is 1. The lowest BCUT2D eigenvalue weighted by molar-refractivity contribution is -0.384. The Morgan fingerprint density at radius 1 is 1.55 bits per heavy atom. The van der Waals surface area contributed by atoms with Gasteiger partial charge in [-0.2, -0.15) is 0 Å². The molecule has 1 aromatic rings. The molecule has 1 amide bonds. The molecule has 1 unspecified atom stereocenters. The van der Waals surface area contributed by atoms with Crippen LogP contribution in [-0.4, -0.2) is 35.2 Å². The summed E-state index contributed by atoms with van der Waals surface area (Å²) >= 11 is 0. The van der Waals surface area contributed by atoms with Crippen LogP contribution in [0.25, 0.3) is 0 Å². The maximum Gasteiger partial charge on any atom is 0.275 e. The van der Waals surface area contributed by atoms with E-state index in [0.717, 1.165) is 6.42 Å². The van der Waals surface area contributed by atoms with Crippen molar-refractivity contribution in [1.82, 2.24) is 0 Å². The zero-order valence-corrected chi connectivity index (χ0v) is 11.0. The van der Waals surface area contributed by atoms with Crippen LogP contribution in [0.5, 0.6) is 5.75 Å². The van der Waals surface area contributed by atoms with Gasteiger partial charge in [0.05, 0.1) is 17.6 Å². The van der Waals surface area contributed by atoms with Gasteiger partial charge in [-0.25, -0.2) is 0 Å². The van der Waals surface area contributed by atoms with Gasteiger partial charge in [0.2, 0.25) is 5.91 Å². The lowest BCUT2D eigenvalue weighted by atomic mass is 10.2. The van der Waals surface area contributed by atoms with Gasteiger partial charge in [0.15, 0.2) is 0 Å². The average Bonchev–Trinajstić information content (AvgIpc) is 2.42. The molecule has 0 saturated carbocycles. The van der Waals surface area contributed by atoms with Crippen molar-refractivity contribution in [3.05, 3.63) is 28.3 Å². The fourth-order valence-electron chi connectivity index (χ4n) is 1.41. The molecule has 0 fully saturated rings. The van der Waals surface area contributed by atoms with E-state index in [2.05, 4.69) is 5.32 Å². The van der Waals surface area contributed by atoms with Gasteiger partial charge < -0.3 is 20.9 Å². The summed E-state index contributed by atoms with van der Waals surface area (Å²) in [6, 6.07) is 4.15. The Balaban J connectivity index is 2.85. The van der Waals surface area contributed by atoms with E-state index in [1.807, 2.05) is 6.92 Å². The minimum atomic E-state index is -1.37. The topological polar surface area (TPSA) is 128 Å². The maximum atomic E-state index is 10.8. The second kappa shape index (κ2) is 7.29. The number of hydrogen-bond acceptors (Lipinski definition) is 6. The van der Waals surface area contributed by atoms with Gasteiger partial charge in [-0.05, 0) is 6.42 Å². The number of nitrogens with two attached hydrogens (primary N) is 1. The molecular formula is C12H17N3O5. The normalized spacial score (nSPS) is 11.7. The van der Waals surface area contributed by atoms with Crippen LogP contribution in [-0.2, 0) is 4.79 Å². The highest BCUT2D eigenvalue weighted by atomic mass is 16.6. The second-order valence-corrected chi connectivity index (χ2v) is 4.12. The van der Waals surface area contributed by atoms with Crippen LogP contribution in [0.1, 0.15) is 13.3 Å². The van der Waals surface area contributed by atoms with Gasteiger partial charge in [-0.3, -0.25) is 14.9 Å². The molecule has 1 rings (SSSR count). The number of carbonyl (C=O) groups excluding carboxylic acids is 1. The quantitative estimate of drug-likeness (QED) is 0.474. The second-order valence-electron chi connectivity index (χ2n) is 4.12. The van der Waals surface area contributed by atoms with Crippen LogP contribution in [0.3, 0.4) is 0 Å². The molecule has 1 aromatic carbocycles. The molecule has 0 saturated heterocycles. The molecular weight excluding hydrogens is 266 g/mol. The third-order valence-corrected chi connectivity index (χ3v) is 2.40. The zero-order chi connectivity index (χ0) is 15.1. The summed E-state index contributed by atoms with van der Waals surface area (Å²) in [5.74, 6) is -0.525. The molecule has 110 valence electrons. The van der Waals surface area contributed by atoms with Crippen LogP contribution in [0, 0.1) is 10.1 Å². The van der Waals surface area contributed by atoms with Gasteiger partial charge in [0.25, 0.3) is 5.69 Å². The van der Waals surface area contributed by atoms with E-state index in [1.54, 1.807) is 6.07 Å². The summed E-state index contributed by atoms with van der Waals surface area (Å²) in [5.41, 5.74) is 5.13. The van der Waals surface area contributed by atoms with Crippen molar-refractivity contribution >= 4 is 17.3 Å². The van der Waals surface area contributed by atoms with E-state index < -0.39 is 16.9 Å². The number of aliphatic hydroxyl groups is 1. The van der Waals surface area contributed by atoms with E-state index in [4.69, 9.17) is 10.5 Å². The molecule has 0 aliphatic rings. The van der Waals surface area contributed by atoms with E-state index in [0.29, 0.717) is 18.0 Å². The zero-order valence-electron chi connectivity index (χ0n) is 11.0. The highest BCUT2D eigenvalue weighted by Crippen LogP contribution is 2.26. The molecule has 8 heteroatoms. The molecule has 8 nitrogen and oxygen atoms in total. The highest BCUT2D eigenvalue weighted by molar-refractivity contribution is 5.79. The van der Waals surface area contributed by atoms with Gasteiger partial charge in [0, 0.05) is 24.4 Å². The number of primary amides is 1. The van der Waals surface area contributed by atoms with Crippen molar-refractivity contribution in [2.24, 2.45) is 5.73 Å². The number of non-ortho nitro benzene ring substituents is 1. The van der Waals surface area contributed by atoms with Gasteiger partial charge >= 0.3 is 0 Å². The molecule has 4 N–H and O–H groups in total. The van der Waals surface area contributed by atoms with Gasteiger partial charge in [0.1, 0.15) is 11.9 Å². The summed E-state index contributed by atoms with van der Waals surface area (Å²) in [4.78, 5) is 21.0. The Morgan fingerprint density at radius 2 is 2.25 bits per heavy atom. The van der Waals surface area contributed by atoms with Gasteiger partial charge in [-0.15, -0.1) is 0 Å². The number of amides is 1. The number of hydrogen-bond donors (Lipinski definition) is 3. The SMILES string of the molecule is CCCOc1cc(NCC(O)C(N)=O)cc([N+](=O)[O-])c1. The largest absolute Gasteiger partial charge is 0.493 e. The molecule has 20 heavy (non-hydrogen) atoms. The number of nitro groups is 1. The standard InChI is InChI=1S/C12H17N3O5/c1-2-3-20-10-5-8(4-9(6-10)15(18)19)14-7-11(16)12(13)17/h4-6,11,14,16H,2-3,7H2,1H3,(H2,13,17). The number of rotatable bonds is 8. The van der Waals surface area contributed by atoms with Gasteiger partial charge in [-0.1, -0.05) is 6.92 Å². The van der Waals surface area contributed by atoms with Crippen LogP contribution in [0.4, 0.5) is 11.4 Å². The molecule has 0 heterocycles. The fourth-order valence-corrected chi connectivity index (χ4v) is 1.41. The first-order valence-electron chi connectivity index (χ1n) is 6.07. The van der Waals surface area contributed by atoms with E-state index >= 15 is 0 Å². The number of nitrogens with zero attached hydrogens (tertiary/aromatic N) is 1. The van der Waals surface area contributed by atoms with Crippen LogP contribution in [0.2, 0.25) is 0 Å². The maximum absolute atomic E-state index is 10.8. The fraction of sp³-hybridized carbons (Fsp3) is 0.417. The van der Waals surface area contributed by atoms with Crippen molar-refractivity contribution in [2.75, 3.05) is 18.5 Å². The van der Waals surface area contributed by atoms with Crippen LogP contribution in [0.15, 0.2) is 18.2 Å². The lowest BCUT2D eigenvalue weighted by Gasteiger charge is -2.11. The predicted molar refractivity (Wildman–Crippen MR) is 72.6 cm³/mol. The van der Waals surface area contributed by atoms with E-state index in [-0.39, 0.29) is 12.2 Å². The average molecular weight is 283 g/mol. The number of carbonyl (C=O) groups is 1. The Kier molecular flexibility index (Phi) is 5.73. The van der Waals surface area contributed by atoms with Crippen LogP contribution >= 0.6 is 0 Å². The summed E-state index contributed by atoms with van der Waals surface area (Å²) in [5, 5.41) is 22.8. The highest BCUT2D eigenvalue weighted by Gasteiger charge is 2.13. The third-order valence-electron chi connectivity index (χ3n) is 2.40. The number of ether oxygens (including phenoxy) is 1. The van der Waals surface area contributed by atoms with Crippen LogP contribution < -0.4 is 15.8 Å². The number of nitrogens with one attached hydrogen (secondary N) is 1. The number of aliphatic hydroxyl groups excluding tert-OH is 1. The first-order chi connectivity index (χ1) is 9.43. The van der Waals surface area contributed by atoms with Crippen molar-refractivity contribution in [1.29, 1.82) is 0 Å². The van der Waals surface area contributed by atoms with Crippen molar-refractivity contribution in [3.63, 3.8) is 0 Å². The first-order valence-corrected chi connectivity index (χ1v) is 6.07. The smallest absolute Gasteiger partial charge is 0.275 e. The van der Waals surface area contributed by atoms with E-state index in [9.17, 15) is 20.0 Å². The number of anilines is 1. The minimum absolute atomic E-state index is 0.135. The molecule has 1 atom stereocenters. The minimum Gasteiger partial charge on any atom is -0.493 e. The Bertz CT molecular complexity index is 492. The lowest BCUT2D eigenvalue weighted by Crippen LogP contribution is -2.34. The summed E-state index contributed by atoms with van der Waals surface area (Å²) in [6.45, 7) is 2.22. The van der Waals surface area contributed by atoms with E-state index in [1.165, 1.54) is 12.1 Å². The molecule has 0 aliphatic carbocycles. The molecule has 0 aromatic heterocycles. The summed E-state index contributed by atoms with van der Waals surface area (Å²) in [6.07, 6.45) is -0.597. The molecule has 0 aliphatic heterocycles. The third kappa shape index (κ3) is 4.73. The first kappa shape index (κ1) is 15.7. The number of nitro benzene ring substituents is 1. The van der Waals surface area contributed by atoms with Crippen molar-refractivity contribution < 1.29 is 19.6 Å². The summed E-state index contributed by atoms with van der Waals surface area (Å²) in [7, 11) is 0. The van der Waals surface area contributed by atoms with Crippen molar-refractivity contribution in [2.45, 2.75) is 19.4 Å². The Hall–Kier alpha value is -2.35. The molecule has 0 radical (unpaired) electrons.